The quantitative estimate of drug-likeness (QED) is 0.176. The number of amides is 1. The van der Waals surface area contributed by atoms with Gasteiger partial charge in [0.25, 0.3) is 5.91 Å². The highest BCUT2D eigenvalue weighted by Gasteiger charge is 2.13. The van der Waals surface area contributed by atoms with Gasteiger partial charge in [-0.3, -0.25) is 4.79 Å². The molecule has 2 rings (SSSR count). The minimum Gasteiger partial charge on any atom is -0.493 e. The molecule has 1 N–H and O–H groups in total. The molecule has 0 aromatic heterocycles. The van der Waals surface area contributed by atoms with Gasteiger partial charge in [-0.1, -0.05) is 45.4 Å². The number of esters is 1. The Labute approximate surface area is 195 Å². The van der Waals surface area contributed by atoms with E-state index >= 15 is 0 Å². The Balaban J connectivity index is 2.02. The smallest absolute Gasteiger partial charge is 0.349 e. The van der Waals surface area contributed by atoms with Crippen LogP contribution in [-0.4, -0.2) is 32.1 Å². The molecule has 2 aromatic carbocycles. The number of rotatable bonds is 11. The van der Waals surface area contributed by atoms with Crippen molar-refractivity contribution in [3.05, 3.63) is 59.2 Å². The highest BCUT2D eigenvalue weighted by Crippen LogP contribution is 2.29. The third-order valence-corrected chi connectivity index (χ3v) is 4.81. The number of nitriles is 1. The first kappa shape index (κ1) is 25.5. The summed E-state index contributed by atoms with van der Waals surface area (Å²) in [4.78, 5) is 24.4. The van der Waals surface area contributed by atoms with E-state index < -0.39 is 11.9 Å². The number of methoxy groups -OCH3 is 1. The zero-order valence-electron chi connectivity index (χ0n) is 19.5. The number of ether oxygens (including phenoxy) is 3. The van der Waals surface area contributed by atoms with E-state index in [0.29, 0.717) is 29.5 Å². The lowest BCUT2D eigenvalue weighted by atomic mass is 10.0. The molecule has 0 spiro atoms. The van der Waals surface area contributed by atoms with Gasteiger partial charge in [-0.15, -0.1) is 0 Å². The van der Waals surface area contributed by atoms with E-state index in [9.17, 15) is 14.9 Å². The fraction of sp³-hybridized carbons (Fsp3) is 0.346. The lowest BCUT2D eigenvalue weighted by Gasteiger charge is -2.11. The lowest BCUT2D eigenvalue weighted by Crippen LogP contribution is -2.25. The largest absolute Gasteiger partial charge is 0.493 e. The number of benzene rings is 2. The Hall–Kier alpha value is -3.79. The molecule has 0 fully saturated rings. The van der Waals surface area contributed by atoms with E-state index in [0.717, 1.165) is 12.8 Å². The van der Waals surface area contributed by atoms with Crippen molar-refractivity contribution in [3.63, 3.8) is 0 Å². The molecule has 0 atom stereocenters. The molecule has 33 heavy (non-hydrogen) atoms. The van der Waals surface area contributed by atoms with Gasteiger partial charge in [0.05, 0.1) is 7.11 Å². The number of hydrogen-bond acceptors (Lipinski definition) is 6. The van der Waals surface area contributed by atoms with Crippen LogP contribution in [-0.2, 0) is 9.59 Å². The number of unbranched alkanes of at least 4 members (excludes halogenated alkanes) is 1. The standard InChI is InChI=1S/C26H30N2O5/c1-5-6-13-28-26(30)21(16-27)14-19-7-12-23(24(15-19)31-4)33-25(29)17-32-22-10-8-20(9-11-22)18(2)3/h7-12,14-15,18H,5-6,13,17H2,1-4H3,(H,28,30)/b21-14+. The summed E-state index contributed by atoms with van der Waals surface area (Å²) in [6.45, 7) is 6.47. The van der Waals surface area contributed by atoms with Crippen LogP contribution in [0.1, 0.15) is 50.7 Å². The fourth-order valence-corrected chi connectivity index (χ4v) is 2.89. The predicted molar refractivity (Wildman–Crippen MR) is 126 cm³/mol. The second kappa shape index (κ2) is 12.9. The van der Waals surface area contributed by atoms with Gasteiger partial charge in [-0.25, -0.2) is 4.79 Å². The van der Waals surface area contributed by atoms with Crippen molar-refractivity contribution in [1.29, 1.82) is 5.26 Å². The minimum absolute atomic E-state index is 0.0187. The summed E-state index contributed by atoms with van der Waals surface area (Å²) >= 11 is 0. The Kier molecular flexibility index (Phi) is 9.97. The second-order valence-corrected chi connectivity index (χ2v) is 7.68. The summed E-state index contributed by atoms with van der Waals surface area (Å²) in [5.41, 5.74) is 1.73. The van der Waals surface area contributed by atoms with Crippen LogP contribution in [0, 0.1) is 11.3 Å². The van der Waals surface area contributed by atoms with E-state index in [-0.39, 0.29) is 17.9 Å². The first-order valence-corrected chi connectivity index (χ1v) is 10.9. The van der Waals surface area contributed by atoms with Crippen LogP contribution in [0.4, 0.5) is 0 Å². The third kappa shape index (κ3) is 8.00. The molecule has 174 valence electrons. The summed E-state index contributed by atoms with van der Waals surface area (Å²) in [5, 5.41) is 12.0. The lowest BCUT2D eigenvalue weighted by molar-refractivity contribution is -0.136. The van der Waals surface area contributed by atoms with Crippen molar-refractivity contribution in [2.24, 2.45) is 0 Å². The molecule has 0 aliphatic carbocycles. The number of nitrogens with one attached hydrogen (secondary N) is 1. The van der Waals surface area contributed by atoms with Crippen molar-refractivity contribution in [1.82, 2.24) is 5.32 Å². The Bertz CT molecular complexity index is 1020. The van der Waals surface area contributed by atoms with Crippen LogP contribution in [0.25, 0.3) is 6.08 Å². The average Bonchev–Trinajstić information content (AvgIpc) is 2.82. The fourth-order valence-electron chi connectivity index (χ4n) is 2.89. The summed E-state index contributed by atoms with van der Waals surface area (Å²) in [6.07, 6.45) is 3.24. The van der Waals surface area contributed by atoms with Crippen molar-refractivity contribution < 1.29 is 23.8 Å². The third-order valence-electron chi connectivity index (χ3n) is 4.81. The van der Waals surface area contributed by atoms with Crippen LogP contribution in [0.2, 0.25) is 0 Å². The van der Waals surface area contributed by atoms with Gasteiger partial charge in [-0.2, -0.15) is 5.26 Å². The van der Waals surface area contributed by atoms with Gasteiger partial charge >= 0.3 is 5.97 Å². The minimum atomic E-state index is -0.586. The van der Waals surface area contributed by atoms with Crippen LogP contribution in [0.5, 0.6) is 17.2 Å². The molecule has 0 bridgehead atoms. The van der Waals surface area contributed by atoms with Gasteiger partial charge in [-0.05, 0) is 53.8 Å². The maximum Gasteiger partial charge on any atom is 0.349 e. The van der Waals surface area contributed by atoms with Gasteiger partial charge in [0.1, 0.15) is 17.4 Å². The highest BCUT2D eigenvalue weighted by molar-refractivity contribution is 6.01. The summed E-state index contributed by atoms with van der Waals surface area (Å²) in [5.74, 6) is 0.474. The van der Waals surface area contributed by atoms with E-state index in [2.05, 4.69) is 19.2 Å². The number of carbonyl (C=O) groups excluding carboxylic acids is 2. The molecule has 7 heteroatoms. The molecule has 0 heterocycles. The Morgan fingerprint density at radius 3 is 2.45 bits per heavy atom. The van der Waals surface area contributed by atoms with Crippen LogP contribution in [0.15, 0.2) is 48.0 Å². The van der Waals surface area contributed by atoms with E-state index in [1.54, 1.807) is 18.2 Å². The van der Waals surface area contributed by atoms with Gasteiger partial charge in [0, 0.05) is 6.54 Å². The molecule has 0 aliphatic heterocycles. The van der Waals surface area contributed by atoms with Crippen molar-refractivity contribution in [2.45, 2.75) is 39.5 Å². The Morgan fingerprint density at radius 1 is 1.12 bits per heavy atom. The molecular weight excluding hydrogens is 420 g/mol. The first-order valence-electron chi connectivity index (χ1n) is 10.9. The molecule has 0 unspecified atom stereocenters. The van der Waals surface area contributed by atoms with Crippen molar-refractivity contribution in [3.8, 4) is 23.3 Å². The van der Waals surface area contributed by atoms with Gasteiger partial charge < -0.3 is 19.5 Å². The van der Waals surface area contributed by atoms with Crippen LogP contribution in [0.3, 0.4) is 0 Å². The summed E-state index contributed by atoms with van der Waals surface area (Å²) < 4.78 is 16.2. The van der Waals surface area contributed by atoms with Crippen LogP contribution >= 0.6 is 0 Å². The van der Waals surface area contributed by atoms with E-state index in [1.165, 1.54) is 18.7 Å². The Morgan fingerprint density at radius 2 is 1.85 bits per heavy atom. The highest BCUT2D eigenvalue weighted by atomic mass is 16.6. The van der Waals surface area contributed by atoms with Crippen molar-refractivity contribution >= 4 is 18.0 Å². The first-order chi connectivity index (χ1) is 15.9. The number of carbonyl (C=O) groups is 2. The average molecular weight is 451 g/mol. The molecule has 0 aliphatic rings. The monoisotopic (exact) mass is 450 g/mol. The predicted octanol–water partition coefficient (Wildman–Crippen LogP) is 4.63. The maximum absolute atomic E-state index is 12.2. The van der Waals surface area contributed by atoms with Gasteiger partial charge in [0.15, 0.2) is 18.1 Å². The molecule has 2 aromatic rings. The SMILES string of the molecule is CCCCNC(=O)/C(C#N)=C/c1ccc(OC(=O)COc2ccc(C(C)C)cc2)c(OC)c1. The second-order valence-electron chi connectivity index (χ2n) is 7.68. The number of nitrogens with zero attached hydrogens (tertiary/aromatic N) is 1. The number of hydrogen-bond donors (Lipinski definition) is 1. The van der Waals surface area contributed by atoms with Crippen molar-refractivity contribution in [2.75, 3.05) is 20.3 Å². The molecule has 0 radical (unpaired) electrons. The normalized spacial score (nSPS) is 11.0. The maximum atomic E-state index is 12.2. The zero-order chi connectivity index (χ0) is 24.2. The topological polar surface area (TPSA) is 97.7 Å². The van der Waals surface area contributed by atoms with Crippen LogP contribution < -0.4 is 19.5 Å². The molecule has 1 amide bonds. The zero-order valence-corrected chi connectivity index (χ0v) is 19.5. The van der Waals surface area contributed by atoms with E-state index in [1.807, 2.05) is 37.3 Å². The summed E-state index contributed by atoms with van der Waals surface area (Å²) in [7, 11) is 1.44. The molecule has 0 saturated heterocycles. The van der Waals surface area contributed by atoms with E-state index in [4.69, 9.17) is 14.2 Å². The summed E-state index contributed by atoms with van der Waals surface area (Å²) in [6, 6.07) is 14.2. The molecule has 7 nitrogen and oxygen atoms in total. The molecule has 0 saturated carbocycles. The molecular formula is C26H30N2O5. The van der Waals surface area contributed by atoms with Gasteiger partial charge in [0.2, 0.25) is 0 Å².